The third kappa shape index (κ3) is 4.43. The molecule has 1 N–H and O–H groups in total. The summed E-state index contributed by atoms with van der Waals surface area (Å²) in [5.41, 5.74) is 0. The maximum absolute atomic E-state index is 3.47. The Labute approximate surface area is 132 Å². The number of piperidine rings is 1. The van der Waals surface area contributed by atoms with Crippen molar-refractivity contribution in [3.8, 4) is 0 Å². The second-order valence-corrected chi connectivity index (χ2v) is 7.16. The van der Waals surface area contributed by atoms with Crippen molar-refractivity contribution in [3.05, 3.63) is 0 Å². The highest BCUT2D eigenvalue weighted by molar-refractivity contribution is 5.00. The molecule has 0 aromatic heterocycles. The zero-order valence-corrected chi connectivity index (χ0v) is 14.8. The molecule has 0 spiro atoms. The molecule has 3 aliphatic rings. The number of fused-ring (bicyclic) bond motifs is 2. The second kappa shape index (κ2) is 8.50. The van der Waals surface area contributed by atoms with Gasteiger partial charge in [-0.2, -0.15) is 0 Å². The Kier molecular flexibility index (Phi) is 6.97. The molecule has 0 radical (unpaired) electrons. The fraction of sp³-hybridized carbons (Fsp3) is 1.00. The first-order valence-electron chi connectivity index (χ1n) is 9.44. The lowest BCUT2D eigenvalue weighted by atomic mass is 9.93. The molecule has 2 unspecified atom stereocenters. The maximum atomic E-state index is 3.47. The molecule has 0 aromatic rings. The molecule has 3 heteroatoms. The van der Waals surface area contributed by atoms with Crippen LogP contribution in [0.5, 0.6) is 0 Å². The van der Waals surface area contributed by atoms with Crippen LogP contribution in [-0.2, 0) is 0 Å². The Bertz CT molecular complexity index is 286. The minimum Gasteiger partial charge on any atom is -0.317 e. The van der Waals surface area contributed by atoms with Crippen molar-refractivity contribution in [2.24, 2.45) is 5.92 Å². The van der Waals surface area contributed by atoms with Crippen LogP contribution in [0.25, 0.3) is 0 Å². The van der Waals surface area contributed by atoms with Crippen LogP contribution in [0.4, 0.5) is 0 Å². The largest absolute Gasteiger partial charge is 0.317 e. The lowest BCUT2D eigenvalue weighted by molar-refractivity contribution is 0.102. The van der Waals surface area contributed by atoms with Gasteiger partial charge in [0.1, 0.15) is 0 Å². The molecule has 0 aliphatic carbocycles. The molecule has 3 heterocycles. The first-order valence-corrected chi connectivity index (χ1v) is 9.44. The van der Waals surface area contributed by atoms with Crippen molar-refractivity contribution in [1.82, 2.24) is 15.1 Å². The Morgan fingerprint density at radius 3 is 2.33 bits per heavy atom. The maximum Gasteiger partial charge on any atom is 0.0242 e. The average Bonchev–Trinajstić information content (AvgIpc) is 3.10. The van der Waals surface area contributed by atoms with Gasteiger partial charge in [0.25, 0.3) is 0 Å². The summed E-state index contributed by atoms with van der Waals surface area (Å²) in [6, 6.07) is 2.48. The van der Waals surface area contributed by atoms with Crippen LogP contribution in [-0.4, -0.2) is 60.6 Å². The lowest BCUT2D eigenvalue weighted by Gasteiger charge is -2.36. The summed E-state index contributed by atoms with van der Waals surface area (Å²) in [7, 11) is 0. The van der Waals surface area contributed by atoms with E-state index in [0.29, 0.717) is 0 Å². The Morgan fingerprint density at radius 2 is 1.76 bits per heavy atom. The van der Waals surface area contributed by atoms with Crippen LogP contribution in [0.1, 0.15) is 59.8 Å². The van der Waals surface area contributed by atoms with Gasteiger partial charge in [-0.1, -0.05) is 13.8 Å². The Hall–Kier alpha value is -0.120. The molecule has 3 rings (SSSR count). The van der Waals surface area contributed by atoms with Gasteiger partial charge in [0.2, 0.25) is 0 Å². The standard InChI is InChI=1S/C16H31N3.C2H6/c1-13(2)19-12-15-10-16(19)11-18(15)9-3-4-14-5-7-17-8-6-14;1-2/h13-17H,3-12H2,1-2H3;1-2H3. The van der Waals surface area contributed by atoms with Crippen LogP contribution < -0.4 is 5.32 Å². The van der Waals surface area contributed by atoms with Crippen molar-refractivity contribution in [2.45, 2.75) is 77.9 Å². The highest BCUT2D eigenvalue weighted by Gasteiger charge is 2.43. The molecule has 2 atom stereocenters. The van der Waals surface area contributed by atoms with Gasteiger partial charge in [-0.3, -0.25) is 9.80 Å². The van der Waals surface area contributed by atoms with Gasteiger partial charge in [0, 0.05) is 31.2 Å². The predicted octanol–water partition coefficient (Wildman–Crippen LogP) is 2.96. The minimum absolute atomic E-state index is 0.742. The van der Waals surface area contributed by atoms with Crippen LogP contribution in [0.15, 0.2) is 0 Å². The normalized spacial score (nSPS) is 30.7. The van der Waals surface area contributed by atoms with Crippen molar-refractivity contribution in [3.63, 3.8) is 0 Å². The first kappa shape index (κ1) is 17.2. The van der Waals surface area contributed by atoms with E-state index in [0.717, 1.165) is 24.0 Å². The van der Waals surface area contributed by atoms with E-state index in [1.165, 1.54) is 64.8 Å². The van der Waals surface area contributed by atoms with Gasteiger partial charge >= 0.3 is 0 Å². The van der Waals surface area contributed by atoms with E-state index in [1.54, 1.807) is 0 Å². The quantitative estimate of drug-likeness (QED) is 0.841. The van der Waals surface area contributed by atoms with Gasteiger partial charge in [0.05, 0.1) is 0 Å². The topological polar surface area (TPSA) is 18.5 Å². The predicted molar refractivity (Wildman–Crippen MR) is 91.8 cm³/mol. The van der Waals surface area contributed by atoms with Crippen molar-refractivity contribution in [1.29, 1.82) is 0 Å². The van der Waals surface area contributed by atoms with Crippen LogP contribution in [0, 0.1) is 5.92 Å². The zero-order chi connectivity index (χ0) is 15.2. The fourth-order valence-corrected chi connectivity index (χ4v) is 4.44. The number of rotatable bonds is 5. The number of nitrogens with one attached hydrogen (secondary N) is 1. The number of likely N-dealkylation sites (tertiary alicyclic amines) is 2. The van der Waals surface area contributed by atoms with E-state index in [2.05, 4.69) is 29.0 Å². The van der Waals surface area contributed by atoms with Crippen LogP contribution >= 0.6 is 0 Å². The summed E-state index contributed by atoms with van der Waals surface area (Å²) < 4.78 is 0. The molecule has 0 saturated carbocycles. The molecular weight excluding hydrogens is 258 g/mol. The highest BCUT2D eigenvalue weighted by Crippen LogP contribution is 2.32. The molecule has 0 amide bonds. The molecule has 3 fully saturated rings. The molecule has 3 saturated heterocycles. The summed E-state index contributed by atoms with van der Waals surface area (Å²) in [5, 5.41) is 3.47. The molecule has 3 aliphatic heterocycles. The number of hydrogen-bond donors (Lipinski definition) is 1. The smallest absolute Gasteiger partial charge is 0.0242 e. The third-order valence-corrected chi connectivity index (χ3v) is 5.58. The van der Waals surface area contributed by atoms with Crippen LogP contribution in [0.2, 0.25) is 0 Å². The van der Waals surface area contributed by atoms with Gasteiger partial charge in [-0.05, 0) is 71.5 Å². The average molecular weight is 296 g/mol. The van der Waals surface area contributed by atoms with Crippen LogP contribution in [0.3, 0.4) is 0 Å². The van der Waals surface area contributed by atoms with Crippen molar-refractivity contribution in [2.75, 3.05) is 32.7 Å². The fourth-order valence-electron chi connectivity index (χ4n) is 4.44. The third-order valence-electron chi connectivity index (χ3n) is 5.58. The van der Waals surface area contributed by atoms with E-state index in [4.69, 9.17) is 0 Å². The van der Waals surface area contributed by atoms with E-state index in [1.807, 2.05) is 13.8 Å². The summed E-state index contributed by atoms with van der Waals surface area (Å²) in [6.07, 6.45) is 7.14. The lowest BCUT2D eigenvalue weighted by Crippen LogP contribution is -2.49. The molecule has 21 heavy (non-hydrogen) atoms. The summed E-state index contributed by atoms with van der Waals surface area (Å²) in [6.45, 7) is 15.2. The monoisotopic (exact) mass is 295 g/mol. The number of nitrogens with zero attached hydrogens (tertiary/aromatic N) is 2. The van der Waals surface area contributed by atoms with Gasteiger partial charge in [0.15, 0.2) is 0 Å². The van der Waals surface area contributed by atoms with E-state index >= 15 is 0 Å². The highest BCUT2D eigenvalue weighted by atomic mass is 15.4. The van der Waals surface area contributed by atoms with Gasteiger partial charge < -0.3 is 5.32 Å². The van der Waals surface area contributed by atoms with Crippen molar-refractivity contribution < 1.29 is 0 Å². The van der Waals surface area contributed by atoms with Crippen molar-refractivity contribution >= 4 is 0 Å². The number of hydrogen-bond acceptors (Lipinski definition) is 3. The molecule has 3 nitrogen and oxygen atoms in total. The summed E-state index contributed by atoms with van der Waals surface area (Å²) in [4.78, 5) is 5.50. The molecule has 2 bridgehead atoms. The molecule has 124 valence electrons. The Morgan fingerprint density at radius 1 is 1.05 bits per heavy atom. The Balaban J connectivity index is 0.000000774. The summed E-state index contributed by atoms with van der Waals surface area (Å²) in [5.74, 6) is 1.01. The van der Waals surface area contributed by atoms with Gasteiger partial charge in [-0.25, -0.2) is 0 Å². The minimum atomic E-state index is 0.742. The SMILES string of the molecule is CC.CC(C)N1CC2CC1CN2CCCC1CCNCC1. The van der Waals surface area contributed by atoms with E-state index < -0.39 is 0 Å². The second-order valence-electron chi connectivity index (χ2n) is 7.16. The number of piperazine rings is 1. The van der Waals surface area contributed by atoms with Gasteiger partial charge in [-0.15, -0.1) is 0 Å². The zero-order valence-electron chi connectivity index (χ0n) is 14.8. The molecular formula is C18H37N3. The van der Waals surface area contributed by atoms with E-state index in [9.17, 15) is 0 Å². The summed E-state index contributed by atoms with van der Waals surface area (Å²) >= 11 is 0. The van der Waals surface area contributed by atoms with E-state index in [-0.39, 0.29) is 0 Å². The first-order chi connectivity index (χ1) is 10.2. The molecule has 0 aromatic carbocycles.